The van der Waals surface area contributed by atoms with Gasteiger partial charge in [-0.2, -0.15) is 4.31 Å². The Kier molecular flexibility index (Phi) is 46.4. The molecule has 0 aromatic heterocycles. The minimum absolute atomic E-state index is 0.530. The molecule has 3 unspecified atom stereocenters. The third-order valence-corrected chi connectivity index (χ3v) is 25.4. The largest absolute Gasteiger partial charge is 0.483 e. The van der Waals surface area contributed by atoms with Gasteiger partial charge >= 0.3 is 27.6 Å². The predicted octanol–water partition coefficient (Wildman–Crippen LogP) is 8.52. The standard InChI is InChI=1S/C88H142O35P2/c1-50(2)24-14-25-51(3)26-15-27-52(4)28-16-29-53(5)30-17-31-54(6)32-18-33-55(7)34-19-35-56(8)36-20-37-57(9)38-21-39-58(10)40-22-41-59(11)42-23-43-60(12)44-45-111-124(106,107)123-125(108,109)122-85-73(100)68(95)75(63(48-91)114-85)116-84-74(101)77(66(93)62(47-90)112-84)117-86-79(67(94)65(92)61(46-89)113-86)119-83-72(99)70(97)78(80(120-83)81(102)103)118-82-71(98)69(96)76-64(115-82)49-110-88(13,121-76)87(104)105/h24,26,28,30,32,34,36,38,40,42,44,61-80,82-86,89-101H,14-23,25,27,29,31,33,35,37,39,41,43,45-49H2,1-13H3,(H,102,103)(H,104,105)(H,106,107)(H,108,109)/b51-26+,52-28+,53-30-,54-32-,55-34-,56-36-,57-38-,58-40-,59-42-,60-44-/t61-,62-,63-,64-,65-,66-,67+,68-,69-,70-,71+,72-,73-,74-,75-,76-,77+,78+,79+,80+,82+,83-,84+,85-,86-,88?/m1/s1. The predicted molar refractivity (Wildman–Crippen MR) is 456 cm³/mol. The molecule has 35 nitrogen and oxygen atoms in total. The van der Waals surface area contributed by atoms with Gasteiger partial charge in [-0.05, 0) is 212 Å². The number of phosphoric ester groups is 2. The molecule has 37 heteroatoms. The van der Waals surface area contributed by atoms with E-state index in [4.69, 9.17) is 61.2 Å². The zero-order valence-corrected chi connectivity index (χ0v) is 76.1. The Balaban J connectivity index is 0.887. The zero-order chi connectivity index (χ0) is 92.8. The highest BCUT2D eigenvalue weighted by Gasteiger charge is 2.60. The molecule has 0 amide bonds. The summed E-state index contributed by atoms with van der Waals surface area (Å²) in [5.41, 5.74) is 14.8. The minimum Gasteiger partial charge on any atom is -0.479 e. The molecule has 125 heavy (non-hydrogen) atoms. The third kappa shape index (κ3) is 35.1. The van der Waals surface area contributed by atoms with Gasteiger partial charge in [-0.1, -0.05) is 128 Å². The first-order valence-corrected chi connectivity index (χ1v) is 46.1. The van der Waals surface area contributed by atoms with Crippen molar-refractivity contribution >= 4 is 27.6 Å². The summed E-state index contributed by atoms with van der Waals surface area (Å²) in [6.07, 6.45) is -8.75. The molecule has 0 aliphatic carbocycles. The smallest absolute Gasteiger partial charge is 0.479 e. The van der Waals surface area contributed by atoms with Crippen LogP contribution in [-0.2, 0) is 84.2 Å². The Labute approximate surface area is 733 Å². The second-order valence-corrected chi connectivity index (χ2v) is 37.0. The lowest BCUT2D eigenvalue weighted by Crippen LogP contribution is -2.69. The maximum atomic E-state index is 13.2. The van der Waals surface area contributed by atoms with Gasteiger partial charge in [-0.3, -0.25) is 9.05 Å². The van der Waals surface area contributed by atoms with Gasteiger partial charge in [0.1, 0.15) is 116 Å². The van der Waals surface area contributed by atoms with Gasteiger partial charge in [0, 0.05) is 6.92 Å². The Morgan fingerprint density at radius 1 is 0.368 bits per heavy atom. The molecule has 0 aromatic carbocycles. The number of hydrogen-bond donors (Lipinski definition) is 17. The van der Waals surface area contributed by atoms with E-state index < -0.39 is 220 Å². The molecular weight excluding hydrogens is 1680 g/mol. The number of allylic oxidation sites excluding steroid dienone is 21. The van der Waals surface area contributed by atoms with Crippen molar-refractivity contribution in [1.82, 2.24) is 0 Å². The average molecular weight is 1820 g/mol. The molecule has 6 saturated heterocycles. The minimum atomic E-state index is -5.82. The maximum Gasteiger partial charge on any atom is 0.483 e. The van der Waals surface area contributed by atoms with E-state index in [1.54, 1.807) is 6.92 Å². The topological polar surface area (TPSA) is 541 Å². The number of ether oxygens (including phenoxy) is 11. The van der Waals surface area contributed by atoms with Crippen LogP contribution in [0.4, 0.5) is 0 Å². The first kappa shape index (κ1) is 109. The number of aliphatic hydroxyl groups is 13. The van der Waals surface area contributed by atoms with E-state index in [0.717, 1.165) is 128 Å². The number of carboxylic acid groups (broad SMARTS) is 2. The molecule has 6 fully saturated rings. The molecule has 0 radical (unpaired) electrons. The highest BCUT2D eigenvalue weighted by atomic mass is 31.3. The Morgan fingerprint density at radius 3 is 1.12 bits per heavy atom. The fourth-order valence-electron chi connectivity index (χ4n) is 14.9. The van der Waals surface area contributed by atoms with E-state index in [0.29, 0.717) is 12.8 Å². The molecule has 0 aromatic rings. The first-order chi connectivity index (χ1) is 58.9. The molecule has 6 rings (SSSR count). The van der Waals surface area contributed by atoms with Crippen molar-refractivity contribution in [2.75, 3.05) is 33.0 Å². The van der Waals surface area contributed by atoms with Crippen LogP contribution in [0, 0.1) is 0 Å². The Bertz CT molecular complexity index is 3820. The van der Waals surface area contributed by atoms with Crippen LogP contribution < -0.4 is 0 Å². The van der Waals surface area contributed by atoms with Crippen molar-refractivity contribution in [1.29, 1.82) is 0 Å². The van der Waals surface area contributed by atoms with E-state index >= 15 is 0 Å². The molecule has 6 aliphatic heterocycles. The zero-order valence-electron chi connectivity index (χ0n) is 74.3. The summed E-state index contributed by atoms with van der Waals surface area (Å²) in [4.78, 5) is 45.6. The second kappa shape index (κ2) is 53.2. The van der Waals surface area contributed by atoms with Crippen molar-refractivity contribution in [2.45, 2.75) is 378 Å². The van der Waals surface area contributed by atoms with Crippen molar-refractivity contribution in [3.05, 3.63) is 128 Å². The van der Waals surface area contributed by atoms with E-state index in [-0.39, 0.29) is 0 Å². The molecule has 0 spiro atoms. The van der Waals surface area contributed by atoms with Crippen LogP contribution in [0.3, 0.4) is 0 Å². The van der Waals surface area contributed by atoms with Gasteiger partial charge in [0.2, 0.25) is 0 Å². The van der Waals surface area contributed by atoms with Crippen molar-refractivity contribution < 1.29 is 171 Å². The number of carboxylic acids is 2. The van der Waals surface area contributed by atoms with Crippen LogP contribution in [0.1, 0.15) is 218 Å². The quantitative estimate of drug-likeness (QED) is 0.0200. The van der Waals surface area contributed by atoms with Gasteiger partial charge in [-0.15, -0.1) is 0 Å². The van der Waals surface area contributed by atoms with Crippen molar-refractivity contribution in [3.63, 3.8) is 0 Å². The number of rotatable bonds is 50. The second-order valence-electron chi connectivity index (χ2n) is 34.0. The Morgan fingerprint density at radius 2 is 0.704 bits per heavy atom. The fourth-order valence-corrected chi connectivity index (χ4v) is 17.0. The molecular formula is C88H142O35P2. The van der Waals surface area contributed by atoms with Crippen LogP contribution >= 0.6 is 15.6 Å². The summed E-state index contributed by atoms with van der Waals surface area (Å²) in [6, 6.07) is 0. The number of carbonyl (C=O) groups is 2. The molecule has 17 N–H and O–H groups in total. The number of phosphoric acid groups is 2. The summed E-state index contributed by atoms with van der Waals surface area (Å²) in [6.45, 7) is 22.4. The van der Waals surface area contributed by atoms with E-state index in [9.17, 15) is 105 Å². The first-order valence-electron chi connectivity index (χ1n) is 43.1. The van der Waals surface area contributed by atoms with Crippen LogP contribution in [0.5, 0.6) is 0 Å². The highest BCUT2D eigenvalue weighted by molar-refractivity contribution is 7.61. The number of aliphatic carboxylic acids is 2. The monoisotopic (exact) mass is 1820 g/mol. The Hall–Kier alpha value is -4.62. The van der Waals surface area contributed by atoms with Gasteiger partial charge < -0.3 is 138 Å². The van der Waals surface area contributed by atoms with Crippen LogP contribution in [0.15, 0.2) is 128 Å². The lowest BCUT2D eigenvalue weighted by atomic mass is 9.95. The molecule has 0 bridgehead atoms. The molecule has 6 aliphatic rings. The summed E-state index contributed by atoms with van der Waals surface area (Å²) in [7, 11) is -11.3. The van der Waals surface area contributed by atoms with Gasteiger partial charge in [0.15, 0.2) is 37.6 Å². The summed E-state index contributed by atoms with van der Waals surface area (Å²) in [5.74, 6) is -5.81. The summed E-state index contributed by atoms with van der Waals surface area (Å²) < 4.78 is 102. The van der Waals surface area contributed by atoms with Crippen molar-refractivity contribution in [3.8, 4) is 0 Å². The third-order valence-electron chi connectivity index (χ3n) is 22.8. The van der Waals surface area contributed by atoms with Gasteiger partial charge in [0.05, 0.1) is 33.0 Å². The molecule has 0 saturated carbocycles. The van der Waals surface area contributed by atoms with E-state index in [1.807, 2.05) is 6.92 Å². The number of aliphatic hydroxyl groups excluding tert-OH is 13. The van der Waals surface area contributed by atoms with Crippen LogP contribution in [-0.4, -0.2) is 291 Å². The van der Waals surface area contributed by atoms with Crippen LogP contribution in [0.2, 0.25) is 0 Å². The number of hydrogen-bond acceptors (Lipinski definition) is 31. The number of fused-ring (bicyclic) bond motifs is 1. The van der Waals surface area contributed by atoms with Crippen molar-refractivity contribution in [2.24, 2.45) is 0 Å². The van der Waals surface area contributed by atoms with E-state index in [1.165, 1.54) is 61.8 Å². The molecule has 28 atom stereocenters. The highest BCUT2D eigenvalue weighted by Crippen LogP contribution is 2.61. The average Bonchev–Trinajstić information content (AvgIpc) is 0.773. The summed E-state index contributed by atoms with van der Waals surface area (Å²) in [5, 5.41) is 164. The molecule has 714 valence electrons. The fraction of sp³-hybridized carbons (Fsp3) is 0.727. The maximum absolute atomic E-state index is 13.2. The lowest BCUT2D eigenvalue weighted by Gasteiger charge is -2.50. The van der Waals surface area contributed by atoms with Gasteiger partial charge in [0.25, 0.3) is 5.79 Å². The SMILES string of the molecule is CC(C)=CCC/C(C)=C/CC/C(C)=C/CC/C(C)=C\CC/C(C)=C\CC/C(C)=C\CC/C(C)=C\CC/C(C)=C\CC/C(C)=C\CC/C(C)=C\CC/C(C)=C\COP(=O)(O)OP(=O)(O)O[C@H]1O[C@H](CO)[C@@H](O[C@@H]2O[C@H](CO)[C@@H](O)[C@H](O[C@H]3O[C@H](CO)[C@@H](O)[C@H](O)[C@@H]3O[C@@H]3O[C@H](C(=O)O)[C@@H](O[C@@H]4O[C@@H]5COC(C)(C(=O)O)O[C@H]5[C@H](O)[C@@H]4O)[C@H](O)[C@H]3O)[C@H]2O)[C@H](O)[C@H]1O. The summed E-state index contributed by atoms with van der Waals surface area (Å²) >= 11 is 0. The molecule has 6 heterocycles. The van der Waals surface area contributed by atoms with E-state index in [2.05, 4.69) is 134 Å². The van der Waals surface area contributed by atoms with Crippen LogP contribution in [0.25, 0.3) is 0 Å². The van der Waals surface area contributed by atoms with Gasteiger partial charge in [-0.25, -0.2) is 18.7 Å². The lowest BCUT2D eigenvalue weighted by molar-refractivity contribution is -0.405. The normalized spacial score (nSPS) is 34.6.